The number of pyridine rings is 2. The van der Waals surface area contributed by atoms with Gasteiger partial charge in [-0.1, -0.05) is 18.2 Å². The zero-order valence-electron chi connectivity index (χ0n) is 22.4. The summed E-state index contributed by atoms with van der Waals surface area (Å²) in [6, 6.07) is 8.86. The third-order valence-electron chi connectivity index (χ3n) is 6.24. The van der Waals surface area contributed by atoms with Crippen LogP contribution in [0.4, 0.5) is 0 Å². The van der Waals surface area contributed by atoms with Crippen molar-refractivity contribution in [3.8, 4) is 17.2 Å². The number of carbonyl (C=O) groups excluding carboxylic acids is 3. The van der Waals surface area contributed by atoms with E-state index in [-0.39, 0.29) is 79.1 Å². The van der Waals surface area contributed by atoms with Gasteiger partial charge in [-0.15, -0.1) is 0 Å². The van der Waals surface area contributed by atoms with Crippen molar-refractivity contribution in [2.24, 2.45) is 14.1 Å². The van der Waals surface area contributed by atoms with Gasteiger partial charge in [-0.3, -0.25) is 24.0 Å². The quantitative estimate of drug-likeness (QED) is 0.186. The van der Waals surface area contributed by atoms with Gasteiger partial charge in [0.2, 0.25) is 16.8 Å². The Kier molecular flexibility index (Phi) is 11.7. The van der Waals surface area contributed by atoms with Crippen LogP contribution in [0.1, 0.15) is 33.0 Å². The molecule has 0 bridgehead atoms. The second kappa shape index (κ2) is 14.7. The van der Waals surface area contributed by atoms with Crippen LogP contribution < -0.4 is 21.5 Å². The Balaban J connectivity index is 0.00000588. The van der Waals surface area contributed by atoms with E-state index in [0.717, 1.165) is 12.1 Å². The molecule has 3 aromatic rings. The summed E-state index contributed by atoms with van der Waals surface area (Å²) in [6.45, 7) is -0.0210. The molecule has 2 heterocycles. The number of aromatic hydroxyl groups is 3. The number of amides is 3. The Bertz CT molecular complexity index is 1450. The van der Waals surface area contributed by atoms with Crippen LogP contribution in [-0.4, -0.2) is 73.3 Å². The fourth-order valence-corrected chi connectivity index (χ4v) is 4.03. The molecule has 0 saturated carbocycles. The van der Waals surface area contributed by atoms with E-state index in [1.807, 2.05) is 0 Å². The first-order valence-corrected chi connectivity index (χ1v) is 12.4. The average Bonchev–Trinajstić information content (AvgIpc) is 2.91. The van der Waals surface area contributed by atoms with E-state index in [2.05, 4.69) is 10.6 Å². The van der Waals surface area contributed by atoms with Crippen LogP contribution in [0, 0.1) is 0 Å². The van der Waals surface area contributed by atoms with Gasteiger partial charge < -0.3 is 40.0 Å². The molecule has 0 fully saturated rings. The van der Waals surface area contributed by atoms with Crippen LogP contribution in [0.2, 0.25) is 0 Å². The van der Waals surface area contributed by atoms with Crippen molar-refractivity contribution < 1.29 is 46.8 Å². The van der Waals surface area contributed by atoms with Crippen molar-refractivity contribution >= 4 is 17.7 Å². The van der Waals surface area contributed by atoms with Gasteiger partial charge in [-0.2, -0.15) is 0 Å². The number of rotatable bonds is 11. The number of hydrogen-bond donors (Lipinski definition) is 5. The van der Waals surface area contributed by atoms with Crippen molar-refractivity contribution in [2.45, 2.75) is 12.8 Å². The van der Waals surface area contributed by atoms with Gasteiger partial charge in [0.25, 0.3) is 11.8 Å². The fraction of sp³-hybridized carbons (Fsp3) is 0.296. The molecule has 41 heavy (non-hydrogen) atoms. The molecule has 0 radical (unpaired) electrons. The van der Waals surface area contributed by atoms with E-state index < -0.39 is 34.2 Å². The van der Waals surface area contributed by atoms with Crippen molar-refractivity contribution in [1.82, 2.24) is 24.7 Å². The first kappa shape index (κ1) is 32.7. The summed E-state index contributed by atoms with van der Waals surface area (Å²) >= 11 is 0. The standard InChI is InChI=1S/C27H31N5O8.Fe/c1-30-13-9-19(34)24(37)22(30)26(39)28-11-15-32(21(36)8-7-17-5-3-4-6-18(17)33)16-12-29-27(40)23-25(38)20(35)10-14-31(23)2;/h3-6,9-10,13-14,33,37-38H,7-8,11-12,15-16H2,1-2H3,(H,28,39)(H,29,40);. The minimum atomic E-state index is -0.715. The van der Waals surface area contributed by atoms with Crippen molar-refractivity contribution in [3.05, 3.63) is 86.2 Å². The van der Waals surface area contributed by atoms with Crippen molar-refractivity contribution in [3.63, 3.8) is 0 Å². The average molecular weight is 609 g/mol. The van der Waals surface area contributed by atoms with E-state index in [1.165, 1.54) is 46.6 Å². The van der Waals surface area contributed by atoms with Crippen LogP contribution in [0.25, 0.3) is 0 Å². The van der Waals surface area contributed by atoms with Crippen molar-refractivity contribution in [2.75, 3.05) is 26.2 Å². The molecular weight excluding hydrogens is 578 g/mol. The number of hydrogen-bond acceptors (Lipinski definition) is 8. The van der Waals surface area contributed by atoms with Crippen LogP contribution in [0.3, 0.4) is 0 Å². The zero-order chi connectivity index (χ0) is 29.4. The smallest absolute Gasteiger partial charge is 0.271 e. The summed E-state index contributed by atoms with van der Waals surface area (Å²) in [4.78, 5) is 63.2. The minimum absolute atomic E-state index is 0. The number of benzene rings is 1. The van der Waals surface area contributed by atoms with Crippen LogP contribution >= 0.6 is 0 Å². The zero-order valence-corrected chi connectivity index (χ0v) is 23.5. The maximum Gasteiger partial charge on any atom is 0.271 e. The summed E-state index contributed by atoms with van der Waals surface area (Å²) in [6.07, 6.45) is 2.96. The molecule has 0 atom stereocenters. The SMILES string of the molecule is Cn1ccc(=O)c(O)c1C(=O)NCCN(CCNC(=O)c1c(O)c(=O)ccn1C)C(=O)CCc1ccccc1O.[Fe]. The Morgan fingerprint density at radius 2 is 1.24 bits per heavy atom. The molecular formula is C27H31FeN5O8. The molecule has 2 aromatic heterocycles. The van der Waals surface area contributed by atoms with Crippen LogP contribution in [-0.2, 0) is 42.4 Å². The molecule has 0 aliphatic heterocycles. The maximum atomic E-state index is 13.1. The third-order valence-corrected chi connectivity index (χ3v) is 6.24. The monoisotopic (exact) mass is 609 g/mol. The summed E-state index contributed by atoms with van der Waals surface area (Å²) in [5.74, 6) is -3.08. The number of nitrogens with one attached hydrogen (secondary N) is 2. The first-order chi connectivity index (χ1) is 19.0. The number of carbonyl (C=O) groups is 3. The second-order valence-corrected chi connectivity index (χ2v) is 9.00. The van der Waals surface area contributed by atoms with E-state index >= 15 is 0 Å². The molecule has 0 spiro atoms. The molecule has 1 aromatic carbocycles. The normalized spacial score (nSPS) is 10.4. The largest absolute Gasteiger partial charge is 0.508 e. The van der Waals surface area contributed by atoms with Crippen LogP contribution in [0.15, 0.2) is 58.4 Å². The number of aromatic nitrogens is 2. The fourth-order valence-electron chi connectivity index (χ4n) is 4.03. The number of aryl methyl sites for hydroxylation is 3. The van der Waals surface area contributed by atoms with Gasteiger partial charge >= 0.3 is 0 Å². The summed E-state index contributed by atoms with van der Waals surface area (Å²) < 4.78 is 2.59. The number of nitrogens with zero attached hydrogens (tertiary/aromatic N) is 3. The van der Waals surface area contributed by atoms with Gasteiger partial charge in [0, 0.05) is 88.3 Å². The van der Waals surface area contributed by atoms with E-state index in [0.29, 0.717) is 5.56 Å². The van der Waals surface area contributed by atoms with E-state index in [9.17, 15) is 39.3 Å². The molecule has 13 nitrogen and oxygen atoms in total. The molecule has 0 aliphatic rings. The third kappa shape index (κ3) is 8.22. The molecule has 3 amide bonds. The van der Waals surface area contributed by atoms with Gasteiger partial charge in [0.1, 0.15) is 5.75 Å². The second-order valence-electron chi connectivity index (χ2n) is 9.00. The predicted molar refractivity (Wildman–Crippen MR) is 144 cm³/mol. The molecule has 220 valence electrons. The number of phenols is 1. The van der Waals surface area contributed by atoms with Crippen molar-refractivity contribution in [1.29, 1.82) is 0 Å². The minimum Gasteiger partial charge on any atom is -0.508 e. The molecule has 3 rings (SSSR count). The van der Waals surface area contributed by atoms with Gasteiger partial charge in [0.05, 0.1) is 0 Å². The predicted octanol–water partition coefficient (Wildman–Crippen LogP) is -0.180. The van der Waals surface area contributed by atoms with Gasteiger partial charge in [-0.05, 0) is 18.1 Å². The summed E-state index contributed by atoms with van der Waals surface area (Å²) in [7, 11) is 2.98. The maximum absolute atomic E-state index is 13.1. The Morgan fingerprint density at radius 1 is 0.780 bits per heavy atom. The molecule has 14 heteroatoms. The molecule has 0 saturated heterocycles. The molecule has 0 aliphatic carbocycles. The van der Waals surface area contributed by atoms with E-state index in [1.54, 1.807) is 18.2 Å². The Labute approximate surface area is 245 Å². The van der Waals surface area contributed by atoms with Gasteiger partial charge in [0.15, 0.2) is 22.9 Å². The summed E-state index contributed by atoms with van der Waals surface area (Å²) in [5, 5.41) is 35.2. The Morgan fingerprint density at radius 3 is 1.71 bits per heavy atom. The van der Waals surface area contributed by atoms with E-state index in [4.69, 9.17) is 0 Å². The van der Waals surface area contributed by atoms with Gasteiger partial charge in [-0.25, -0.2) is 0 Å². The summed E-state index contributed by atoms with van der Waals surface area (Å²) in [5.41, 5.74) is -1.29. The molecule has 5 N–H and O–H groups in total. The van der Waals surface area contributed by atoms with Crippen LogP contribution in [0.5, 0.6) is 17.2 Å². The molecule has 0 unspecified atom stereocenters. The number of phenolic OH excluding ortho intramolecular Hbond substituents is 1. The topological polar surface area (TPSA) is 183 Å². The number of para-hydroxylation sites is 1. The first-order valence-electron chi connectivity index (χ1n) is 12.4. The Hall–Kier alpha value is -4.55.